The zero-order chi connectivity index (χ0) is 16.1. The van der Waals surface area contributed by atoms with Crippen molar-refractivity contribution in [1.29, 1.82) is 0 Å². The smallest absolute Gasteiger partial charge is 0.346 e. The van der Waals surface area contributed by atoms with Gasteiger partial charge in [-0.15, -0.1) is 0 Å². The van der Waals surface area contributed by atoms with E-state index in [9.17, 15) is 26.4 Å². The third-order valence-electron chi connectivity index (χ3n) is 3.20. The lowest BCUT2D eigenvalue weighted by Gasteiger charge is -2.14. The fourth-order valence-corrected chi connectivity index (χ4v) is 2.35. The third kappa shape index (κ3) is 3.97. The predicted molar refractivity (Wildman–Crippen MR) is 67.0 cm³/mol. The number of hydrogen-bond acceptors (Lipinski definition) is 3. The Labute approximate surface area is 119 Å². The quantitative estimate of drug-likeness (QED) is 0.864. The van der Waals surface area contributed by atoms with Gasteiger partial charge in [0.15, 0.2) is 0 Å². The molecule has 1 amide bonds. The van der Waals surface area contributed by atoms with Gasteiger partial charge in [0, 0.05) is 11.7 Å². The van der Waals surface area contributed by atoms with Gasteiger partial charge in [-0.1, -0.05) is 0 Å². The van der Waals surface area contributed by atoms with Gasteiger partial charge in [0.05, 0.1) is 0 Å². The summed E-state index contributed by atoms with van der Waals surface area (Å²) in [6.45, 7) is 0.282. The van der Waals surface area contributed by atoms with Crippen LogP contribution < -0.4 is 10.5 Å². The van der Waals surface area contributed by atoms with Crippen LogP contribution in [0.3, 0.4) is 0 Å². The number of rotatable bonds is 4. The third-order valence-corrected chi connectivity index (χ3v) is 4.08. The van der Waals surface area contributed by atoms with Crippen molar-refractivity contribution in [3.05, 3.63) is 18.0 Å². The number of aromatic nitrogens is 1. The molecule has 0 aromatic carbocycles. The van der Waals surface area contributed by atoms with Gasteiger partial charge < -0.3 is 9.88 Å². The van der Waals surface area contributed by atoms with E-state index < -0.39 is 39.1 Å². The van der Waals surface area contributed by atoms with Crippen molar-refractivity contribution < 1.29 is 26.4 Å². The fourth-order valence-electron chi connectivity index (χ4n) is 1.80. The maximum Gasteiger partial charge on any atom is 0.406 e. The molecule has 118 valence electrons. The molecule has 0 bridgehead atoms. The zero-order valence-electron chi connectivity index (χ0n) is 11.1. The van der Waals surface area contributed by atoms with E-state index in [1.54, 1.807) is 6.92 Å². The van der Waals surface area contributed by atoms with Crippen LogP contribution in [0.1, 0.15) is 30.3 Å². The molecule has 6 nitrogen and oxygen atoms in total. The van der Waals surface area contributed by atoms with E-state index in [4.69, 9.17) is 5.14 Å². The second kappa shape index (κ2) is 4.73. The first-order chi connectivity index (χ1) is 9.40. The Hall–Kier alpha value is -1.55. The molecule has 1 aliphatic rings. The van der Waals surface area contributed by atoms with E-state index in [2.05, 4.69) is 5.32 Å². The second-order valence-electron chi connectivity index (χ2n) is 5.36. The Bertz CT molecular complexity index is 675. The molecule has 10 heteroatoms. The zero-order valence-corrected chi connectivity index (χ0v) is 11.9. The first-order valence-electron chi connectivity index (χ1n) is 6.02. The van der Waals surface area contributed by atoms with Crippen molar-refractivity contribution >= 4 is 15.9 Å². The predicted octanol–water partition coefficient (Wildman–Crippen LogP) is 0.980. The summed E-state index contributed by atoms with van der Waals surface area (Å²) in [5, 5.41) is 7.46. The number of halogens is 3. The van der Waals surface area contributed by atoms with Gasteiger partial charge >= 0.3 is 6.18 Å². The van der Waals surface area contributed by atoms with E-state index in [0.717, 1.165) is 18.9 Å². The molecule has 1 aromatic heterocycles. The number of alkyl halides is 3. The van der Waals surface area contributed by atoms with Crippen LogP contribution in [0.15, 0.2) is 17.2 Å². The van der Waals surface area contributed by atoms with Crippen molar-refractivity contribution in [2.75, 3.05) is 0 Å². The maximum absolute atomic E-state index is 12.5. The monoisotopic (exact) mass is 325 g/mol. The number of nitrogens with zero attached hydrogens (tertiary/aromatic N) is 1. The van der Waals surface area contributed by atoms with Crippen molar-refractivity contribution in [3.8, 4) is 0 Å². The molecule has 1 heterocycles. The molecular formula is C11H14F3N3O3S. The Morgan fingerprint density at radius 3 is 2.48 bits per heavy atom. The fraction of sp³-hybridized carbons (Fsp3) is 0.545. The number of carbonyl (C=O) groups is 1. The van der Waals surface area contributed by atoms with Crippen LogP contribution in [0.4, 0.5) is 13.2 Å². The standard InChI is InChI=1S/C11H14F3N3O3S/c1-10(2-3-10)16-9(18)8-4-7(21(15,19)20)5-17(8)6-11(12,13)14/h4-5H,2-3,6H2,1H3,(H,16,18)(H2,15,19,20). The molecule has 0 saturated heterocycles. The minimum Gasteiger partial charge on any atom is -0.346 e. The van der Waals surface area contributed by atoms with E-state index in [-0.39, 0.29) is 5.69 Å². The first kappa shape index (κ1) is 15.8. The summed E-state index contributed by atoms with van der Waals surface area (Å²) in [4.78, 5) is 11.5. The summed E-state index contributed by atoms with van der Waals surface area (Å²) >= 11 is 0. The Morgan fingerprint density at radius 1 is 1.48 bits per heavy atom. The molecule has 1 aromatic rings. The summed E-state index contributed by atoms with van der Waals surface area (Å²) < 4.78 is 60.5. The van der Waals surface area contributed by atoms with Gasteiger partial charge in [-0.25, -0.2) is 13.6 Å². The lowest BCUT2D eigenvalue weighted by atomic mass is 10.3. The normalized spacial score (nSPS) is 17.6. The highest BCUT2D eigenvalue weighted by Crippen LogP contribution is 2.34. The topological polar surface area (TPSA) is 94.2 Å². The highest BCUT2D eigenvalue weighted by Gasteiger charge is 2.40. The van der Waals surface area contributed by atoms with Crippen LogP contribution in [0.2, 0.25) is 0 Å². The summed E-state index contributed by atoms with van der Waals surface area (Å²) in [5.74, 6) is -0.755. The van der Waals surface area contributed by atoms with Gasteiger partial charge in [0.2, 0.25) is 10.0 Å². The van der Waals surface area contributed by atoms with Crippen molar-refractivity contribution in [3.63, 3.8) is 0 Å². The SMILES string of the molecule is CC1(NC(=O)c2cc(S(N)(=O)=O)cn2CC(F)(F)F)CC1. The maximum atomic E-state index is 12.5. The van der Waals surface area contributed by atoms with E-state index in [0.29, 0.717) is 10.8 Å². The van der Waals surface area contributed by atoms with Crippen molar-refractivity contribution in [1.82, 2.24) is 9.88 Å². The molecule has 0 unspecified atom stereocenters. The van der Waals surface area contributed by atoms with Crippen LogP contribution in [0.25, 0.3) is 0 Å². The average Bonchev–Trinajstić information content (AvgIpc) is 2.83. The molecule has 0 atom stereocenters. The number of carbonyl (C=O) groups excluding carboxylic acids is 1. The van der Waals surface area contributed by atoms with Crippen molar-refractivity contribution in [2.45, 2.75) is 42.9 Å². The van der Waals surface area contributed by atoms with Crippen LogP contribution in [-0.4, -0.2) is 30.6 Å². The van der Waals surface area contributed by atoms with Gasteiger partial charge in [0.1, 0.15) is 17.1 Å². The van der Waals surface area contributed by atoms with E-state index in [1.165, 1.54) is 0 Å². The van der Waals surface area contributed by atoms with Gasteiger partial charge in [-0.05, 0) is 25.8 Å². The van der Waals surface area contributed by atoms with Gasteiger partial charge in [-0.3, -0.25) is 4.79 Å². The molecule has 1 saturated carbocycles. The Balaban J connectivity index is 2.37. The molecular weight excluding hydrogens is 311 g/mol. The Kier molecular flexibility index (Phi) is 3.57. The molecule has 0 radical (unpaired) electrons. The molecule has 0 spiro atoms. The molecule has 3 N–H and O–H groups in total. The Morgan fingerprint density at radius 2 is 2.05 bits per heavy atom. The number of nitrogens with one attached hydrogen (secondary N) is 1. The van der Waals surface area contributed by atoms with E-state index in [1.807, 2.05) is 0 Å². The van der Waals surface area contributed by atoms with Gasteiger partial charge in [0.25, 0.3) is 5.91 Å². The second-order valence-corrected chi connectivity index (χ2v) is 6.93. The lowest BCUT2D eigenvalue weighted by molar-refractivity contribution is -0.140. The summed E-state index contributed by atoms with van der Waals surface area (Å²) in [7, 11) is -4.19. The number of hydrogen-bond donors (Lipinski definition) is 2. The molecule has 0 aliphatic heterocycles. The number of amides is 1. The van der Waals surface area contributed by atoms with Crippen LogP contribution in [-0.2, 0) is 16.6 Å². The average molecular weight is 325 g/mol. The highest BCUT2D eigenvalue weighted by molar-refractivity contribution is 7.89. The summed E-state index contributed by atoms with van der Waals surface area (Å²) in [5.41, 5.74) is -0.823. The van der Waals surface area contributed by atoms with Crippen LogP contribution >= 0.6 is 0 Å². The lowest BCUT2D eigenvalue weighted by Crippen LogP contribution is -2.36. The number of sulfonamides is 1. The van der Waals surface area contributed by atoms with Crippen LogP contribution in [0.5, 0.6) is 0 Å². The van der Waals surface area contributed by atoms with Crippen molar-refractivity contribution in [2.24, 2.45) is 5.14 Å². The molecule has 2 rings (SSSR count). The molecule has 1 fully saturated rings. The van der Waals surface area contributed by atoms with Gasteiger partial charge in [-0.2, -0.15) is 13.2 Å². The highest BCUT2D eigenvalue weighted by atomic mass is 32.2. The first-order valence-corrected chi connectivity index (χ1v) is 7.57. The van der Waals surface area contributed by atoms with E-state index >= 15 is 0 Å². The summed E-state index contributed by atoms with van der Waals surface area (Å²) in [6.07, 6.45) is -2.43. The minimum absolute atomic E-state index is 0.385. The summed E-state index contributed by atoms with van der Waals surface area (Å²) in [6, 6.07) is 0.849. The number of primary sulfonamides is 1. The minimum atomic E-state index is -4.59. The molecule has 1 aliphatic carbocycles. The van der Waals surface area contributed by atoms with Crippen LogP contribution in [0, 0.1) is 0 Å². The largest absolute Gasteiger partial charge is 0.406 e. The molecule has 21 heavy (non-hydrogen) atoms. The number of nitrogens with two attached hydrogens (primary N) is 1.